The molecule has 0 aliphatic heterocycles. The lowest BCUT2D eigenvalue weighted by Crippen LogP contribution is -2.36. The third-order valence-corrected chi connectivity index (χ3v) is 4.56. The Morgan fingerprint density at radius 3 is 2.50 bits per heavy atom. The summed E-state index contributed by atoms with van der Waals surface area (Å²) >= 11 is 0. The van der Waals surface area contributed by atoms with E-state index >= 15 is 0 Å². The van der Waals surface area contributed by atoms with E-state index < -0.39 is 0 Å². The smallest absolute Gasteiger partial charge is 0.123 e. The predicted octanol–water partition coefficient (Wildman–Crippen LogP) is 3.38. The largest absolute Gasteiger partial charge is 0.395 e. The molecule has 0 aliphatic carbocycles. The molecule has 26 heavy (non-hydrogen) atoms. The molecule has 3 aromatic rings. The van der Waals surface area contributed by atoms with Gasteiger partial charge in [-0.1, -0.05) is 6.92 Å². The molecule has 2 N–H and O–H groups in total. The summed E-state index contributed by atoms with van der Waals surface area (Å²) in [7, 11) is 0. The van der Waals surface area contributed by atoms with E-state index in [2.05, 4.69) is 27.0 Å². The molecule has 0 spiro atoms. The first kappa shape index (κ1) is 18.2. The highest BCUT2D eigenvalue weighted by atomic mass is 19.1. The Hall–Kier alpha value is -2.57. The Labute approximate surface area is 152 Å². The standard InChI is InChI=1S/C20H23FN4O/c1-2-19(14-26)25(12-15-7-9-22-10-8-15)13-17-11-23-24-20(17)16-3-5-18(21)6-4-16/h3-11,19,26H,2,12-14H2,1H3,(H,23,24)/t19-/m1/s1. The highest BCUT2D eigenvalue weighted by molar-refractivity contribution is 5.62. The van der Waals surface area contributed by atoms with Gasteiger partial charge in [0.05, 0.1) is 18.5 Å². The summed E-state index contributed by atoms with van der Waals surface area (Å²) in [6.07, 6.45) is 6.18. The second-order valence-electron chi connectivity index (χ2n) is 6.28. The molecule has 0 bridgehead atoms. The Bertz CT molecular complexity index is 800. The lowest BCUT2D eigenvalue weighted by Gasteiger charge is -2.30. The zero-order valence-electron chi connectivity index (χ0n) is 14.8. The quantitative estimate of drug-likeness (QED) is 0.651. The van der Waals surface area contributed by atoms with Crippen LogP contribution >= 0.6 is 0 Å². The van der Waals surface area contributed by atoms with Crippen LogP contribution in [-0.2, 0) is 13.1 Å². The van der Waals surface area contributed by atoms with Gasteiger partial charge in [-0.2, -0.15) is 5.10 Å². The number of H-pyrrole nitrogens is 1. The molecule has 0 fully saturated rings. The number of hydrogen-bond acceptors (Lipinski definition) is 4. The summed E-state index contributed by atoms with van der Waals surface area (Å²) in [4.78, 5) is 6.29. The number of halogens is 1. The summed E-state index contributed by atoms with van der Waals surface area (Å²) < 4.78 is 13.2. The minimum absolute atomic E-state index is 0.0409. The Kier molecular flexibility index (Phi) is 6.09. The number of aliphatic hydroxyl groups is 1. The molecular formula is C20H23FN4O. The zero-order valence-corrected chi connectivity index (χ0v) is 14.8. The van der Waals surface area contributed by atoms with Crippen molar-refractivity contribution >= 4 is 0 Å². The number of pyridine rings is 1. The maximum absolute atomic E-state index is 13.2. The van der Waals surface area contributed by atoms with Crippen molar-refractivity contribution in [1.82, 2.24) is 20.1 Å². The minimum atomic E-state index is -0.263. The number of hydrogen-bond donors (Lipinski definition) is 2. The number of rotatable bonds is 8. The fourth-order valence-electron chi connectivity index (χ4n) is 3.06. The van der Waals surface area contributed by atoms with Gasteiger partial charge >= 0.3 is 0 Å². The number of benzene rings is 1. The fourth-order valence-corrected chi connectivity index (χ4v) is 3.06. The van der Waals surface area contributed by atoms with Crippen LogP contribution in [0.1, 0.15) is 24.5 Å². The second-order valence-corrected chi connectivity index (χ2v) is 6.28. The van der Waals surface area contributed by atoms with Gasteiger partial charge in [0.25, 0.3) is 0 Å². The predicted molar refractivity (Wildman–Crippen MR) is 98.6 cm³/mol. The topological polar surface area (TPSA) is 65.0 Å². The van der Waals surface area contributed by atoms with E-state index in [0.29, 0.717) is 13.1 Å². The van der Waals surface area contributed by atoms with Gasteiger partial charge < -0.3 is 5.11 Å². The third kappa shape index (κ3) is 4.33. The number of aromatic amines is 1. The lowest BCUT2D eigenvalue weighted by molar-refractivity contribution is 0.107. The molecular weight excluding hydrogens is 331 g/mol. The van der Waals surface area contributed by atoms with Gasteiger partial charge in [-0.3, -0.25) is 15.0 Å². The molecule has 0 aliphatic rings. The van der Waals surface area contributed by atoms with Crippen molar-refractivity contribution in [2.75, 3.05) is 6.61 Å². The van der Waals surface area contributed by atoms with Crippen molar-refractivity contribution in [2.45, 2.75) is 32.5 Å². The average Bonchev–Trinajstić information content (AvgIpc) is 3.12. The number of aliphatic hydroxyl groups excluding tert-OH is 1. The van der Waals surface area contributed by atoms with Crippen LogP contribution < -0.4 is 0 Å². The van der Waals surface area contributed by atoms with Gasteiger partial charge in [-0.05, 0) is 48.4 Å². The molecule has 136 valence electrons. The molecule has 2 heterocycles. The Morgan fingerprint density at radius 2 is 1.85 bits per heavy atom. The van der Waals surface area contributed by atoms with Gasteiger partial charge in [-0.25, -0.2) is 4.39 Å². The fraction of sp³-hybridized carbons (Fsp3) is 0.300. The molecule has 0 saturated carbocycles. The van der Waals surface area contributed by atoms with Crippen molar-refractivity contribution in [2.24, 2.45) is 0 Å². The molecule has 6 heteroatoms. The minimum Gasteiger partial charge on any atom is -0.395 e. The van der Waals surface area contributed by atoms with Gasteiger partial charge in [0.1, 0.15) is 5.82 Å². The van der Waals surface area contributed by atoms with Crippen LogP contribution in [0.3, 0.4) is 0 Å². The summed E-state index contributed by atoms with van der Waals surface area (Å²) in [6.45, 7) is 3.49. The number of nitrogens with zero attached hydrogens (tertiary/aromatic N) is 3. The van der Waals surface area contributed by atoms with E-state index in [1.807, 2.05) is 12.1 Å². The summed E-state index contributed by atoms with van der Waals surface area (Å²) in [5, 5.41) is 17.0. The molecule has 2 aromatic heterocycles. The highest BCUT2D eigenvalue weighted by Crippen LogP contribution is 2.24. The molecule has 3 rings (SSSR count). The summed E-state index contributed by atoms with van der Waals surface area (Å²) in [5.41, 5.74) is 3.91. The van der Waals surface area contributed by atoms with Gasteiger partial charge in [0.2, 0.25) is 0 Å². The van der Waals surface area contributed by atoms with Crippen LogP contribution in [0.2, 0.25) is 0 Å². The molecule has 1 atom stereocenters. The van der Waals surface area contributed by atoms with Crippen molar-refractivity contribution in [3.8, 4) is 11.3 Å². The maximum atomic E-state index is 13.2. The van der Waals surface area contributed by atoms with E-state index in [0.717, 1.165) is 28.8 Å². The average molecular weight is 354 g/mol. The SMILES string of the molecule is CC[C@H](CO)N(Cc1ccncc1)Cc1cn[nH]c1-c1ccc(F)cc1. The molecule has 0 saturated heterocycles. The summed E-state index contributed by atoms with van der Waals surface area (Å²) in [6, 6.07) is 10.4. The third-order valence-electron chi connectivity index (χ3n) is 4.56. The first-order valence-electron chi connectivity index (χ1n) is 8.73. The number of nitrogens with one attached hydrogen (secondary N) is 1. The van der Waals surface area contributed by atoms with Crippen molar-refractivity contribution in [3.63, 3.8) is 0 Å². The van der Waals surface area contributed by atoms with Crippen molar-refractivity contribution < 1.29 is 9.50 Å². The zero-order chi connectivity index (χ0) is 18.4. The van der Waals surface area contributed by atoms with Crippen LogP contribution in [0.4, 0.5) is 4.39 Å². The molecule has 1 aromatic carbocycles. The Balaban J connectivity index is 1.85. The Morgan fingerprint density at radius 1 is 1.12 bits per heavy atom. The van der Waals surface area contributed by atoms with E-state index in [4.69, 9.17) is 0 Å². The molecule has 0 unspecified atom stereocenters. The van der Waals surface area contributed by atoms with Gasteiger partial charge in [-0.15, -0.1) is 0 Å². The van der Waals surface area contributed by atoms with Gasteiger partial charge in [0.15, 0.2) is 0 Å². The van der Waals surface area contributed by atoms with Crippen LogP contribution in [0.5, 0.6) is 0 Å². The van der Waals surface area contributed by atoms with Crippen LogP contribution in [-0.4, -0.2) is 37.8 Å². The van der Waals surface area contributed by atoms with Crippen molar-refractivity contribution in [3.05, 3.63) is 71.9 Å². The van der Waals surface area contributed by atoms with Crippen LogP contribution in [0.15, 0.2) is 55.0 Å². The van der Waals surface area contributed by atoms with E-state index in [1.165, 1.54) is 12.1 Å². The van der Waals surface area contributed by atoms with E-state index in [1.54, 1.807) is 30.7 Å². The molecule has 0 radical (unpaired) electrons. The molecule has 5 nitrogen and oxygen atoms in total. The molecule has 0 amide bonds. The van der Waals surface area contributed by atoms with Crippen LogP contribution in [0, 0.1) is 5.82 Å². The highest BCUT2D eigenvalue weighted by Gasteiger charge is 2.19. The first-order valence-corrected chi connectivity index (χ1v) is 8.73. The monoisotopic (exact) mass is 354 g/mol. The van der Waals surface area contributed by atoms with E-state index in [-0.39, 0.29) is 18.5 Å². The summed E-state index contributed by atoms with van der Waals surface area (Å²) in [5.74, 6) is -0.263. The maximum Gasteiger partial charge on any atom is 0.123 e. The van der Waals surface area contributed by atoms with Crippen LogP contribution in [0.25, 0.3) is 11.3 Å². The second kappa shape index (κ2) is 8.69. The number of aromatic nitrogens is 3. The van der Waals surface area contributed by atoms with Crippen molar-refractivity contribution in [1.29, 1.82) is 0 Å². The first-order chi connectivity index (χ1) is 12.7. The lowest BCUT2D eigenvalue weighted by atomic mass is 10.1. The van der Waals surface area contributed by atoms with E-state index in [9.17, 15) is 9.50 Å². The normalized spacial score (nSPS) is 12.5. The van der Waals surface area contributed by atoms with Gasteiger partial charge in [0, 0.05) is 42.7 Å².